The minimum absolute atomic E-state index is 0.0898. The van der Waals surface area contributed by atoms with Crippen LogP contribution in [0.5, 0.6) is 0 Å². The number of aryl methyl sites for hydroxylation is 1. The lowest BCUT2D eigenvalue weighted by Gasteiger charge is -2.32. The summed E-state index contributed by atoms with van der Waals surface area (Å²) < 4.78 is 3.47. The predicted molar refractivity (Wildman–Crippen MR) is 102 cm³/mol. The second-order valence-corrected chi connectivity index (χ2v) is 7.55. The molecule has 1 aromatic carbocycles. The third-order valence-corrected chi connectivity index (χ3v) is 4.30. The maximum absolute atomic E-state index is 12.7. The molecule has 0 bridgehead atoms. The second-order valence-electron chi connectivity index (χ2n) is 7.55. The summed E-state index contributed by atoms with van der Waals surface area (Å²) in [6.45, 7) is 8.87. The van der Waals surface area contributed by atoms with Crippen molar-refractivity contribution in [1.29, 1.82) is 0 Å². The van der Waals surface area contributed by atoms with Crippen molar-refractivity contribution in [3.63, 3.8) is 0 Å². The number of carbonyl (C=O) groups excluding carboxylic acids is 1. The number of carbonyl (C=O) groups is 1. The Morgan fingerprint density at radius 1 is 1.26 bits per heavy atom. The molecule has 27 heavy (non-hydrogen) atoms. The van der Waals surface area contributed by atoms with E-state index < -0.39 is 0 Å². The van der Waals surface area contributed by atoms with Crippen LogP contribution in [0, 0.1) is 12.3 Å². The van der Waals surface area contributed by atoms with Crippen molar-refractivity contribution in [3.05, 3.63) is 48.8 Å². The van der Waals surface area contributed by atoms with Crippen LogP contribution in [0.3, 0.4) is 0 Å². The summed E-state index contributed by atoms with van der Waals surface area (Å²) in [7, 11) is 0. The minimum Gasteiger partial charge on any atom is -0.335 e. The Morgan fingerprint density at radius 2 is 2.07 bits per heavy atom. The highest BCUT2D eigenvalue weighted by atomic mass is 16.2. The Morgan fingerprint density at radius 3 is 2.70 bits per heavy atom. The first kappa shape index (κ1) is 18.6. The highest BCUT2D eigenvalue weighted by Crippen LogP contribution is 2.23. The van der Waals surface area contributed by atoms with Gasteiger partial charge in [0.25, 0.3) is 0 Å². The molecule has 2 aromatic heterocycles. The molecule has 2 heterocycles. The first-order chi connectivity index (χ1) is 12.8. The molecule has 0 aliphatic rings. The molecule has 3 rings (SSSR count). The second kappa shape index (κ2) is 7.56. The van der Waals surface area contributed by atoms with Gasteiger partial charge >= 0.3 is 6.03 Å². The molecule has 0 radical (unpaired) electrons. The highest BCUT2D eigenvalue weighted by Gasteiger charge is 2.27. The number of nitrogens with zero attached hydrogens (tertiary/aromatic N) is 6. The van der Waals surface area contributed by atoms with Crippen molar-refractivity contribution in [2.75, 3.05) is 5.32 Å². The largest absolute Gasteiger partial charge is 0.335 e. The molecule has 0 aliphatic heterocycles. The van der Waals surface area contributed by atoms with Crippen LogP contribution in [-0.4, -0.2) is 41.8 Å². The molecule has 0 aliphatic carbocycles. The van der Waals surface area contributed by atoms with Crippen molar-refractivity contribution >= 4 is 11.7 Å². The van der Waals surface area contributed by atoms with E-state index in [0.29, 0.717) is 17.9 Å². The summed E-state index contributed by atoms with van der Waals surface area (Å²) in [5, 5.41) is 17.2. The number of anilines is 1. The Hall–Kier alpha value is -3.23. The third-order valence-electron chi connectivity index (χ3n) is 4.30. The molecule has 0 fully saturated rings. The van der Waals surface area contributed by atoms with Gasteiger partial charge in [0.05, 0.1) is 23.7 Å². The van der Waals surface area contributed by atoms with E-state index in [9.17, 15) is 4.79 Å². The van der Waals surface area contributed by atoms with E-state index in [2.05, 4.69) is 51.9 Å². The zero-order valence-corrected chi connectivity index (χ0v) is 15.9. The number of amides is 2. The molecular formula is C18H24N8O. The number of hydrogen-bond acceptors (Lipinski definition) is 5. The Labute approximate surface area is 157 Å². The lowest BCUT2D eigenvalue weighted by atomic mass is 9.86. The molecule has 3 aromatic rings. The first-order valence-electron chi connectivity index (χ1n) is 8.70. The van der Waals surface area contributed by atoms with Gasteiger partial charge in [-0.25, -0.2) is 9.78 Å². The average Bonchev–Trinajstić information content (AvgIpc) is 3.27. The number of hydrogen-bond donors (Lipinski definition) is 2. The number of rotatable bonds is 5. The molecule has 2 amide bonds. The molecule has 0 unspecified atom stereocenters. The molecule has 0 spiro atoms. The van der Waals surface area contributed by atoms with Crippen molar-refractivity contribution in [2.24, 2.45) is 5.41 Å². The van der Waals surface area contributed by atoms with Gasteiger partial charge in [0.1, 0.15) is 6.33 Å². The van der Waals surface area contributed by atoms with Gasteiger partial charge in [-0.3, -0.25) is 0 Å². The first-order valence-corrected chi connectivity index (χ1v) is 8.70. The van der Waals surface area contributed by atoms with Gasteiger partial charge in [-0.15, -0.1) is 5.10 Å². The van der Waals surface area contributed by atoms with Crippen molar-refractivity contribution in [3.8, 4) is 5.69 Å². The maximum atomic E-state index is 12.7. The summed E-state index contributed by atoms with van der Waals surface area (Å²) in [6, 6.07) is 5.33. The van der Waals surface area contributed by atoms with Crippen molar-refractivity contribution in [2.45, 2.75) is 40.3 Å². The summed E-state index contributed by atoms with van der Waals surface area (Å²) in [4.78, 5) is 16.8. The summed E-state index contributed by atoms with van der Waals surface area (Å²) in [5.41, 5.74) is 2.22. The van der Waals surface area contributed by atoms with Gasteiger partial charge in [-0.05, 0) is 40.5 Å². The molecule has 9 nitrogen and oxygen atoms in total. The van der Waals surface area contributed by atoms with Crippen LogP contribution in [0.2, 0.25) is 0 Å². The minimum atomic E-state index is -0.282. The molecule has 1 atom stereocenters. The molecule has 142 valence electrons. The third kappa shape index (κ3) is 4.69. The van der Waals surface area contributed by atoms with E-state index in [0.717, 1.165) is 5.56 Å². The maximum Gasteiger partial charge on any atom is 0.319 e. The Bertz CT molecular complexity index is 881. The van der Waals surface area contributed by atoms with Gasteiger partial charge in [0, 0.05) is 18.9 Å². The number of tetrazole rings is 1. The van der Waals surface area contributed by atoms with E-state index in [1.165, 1.54) is 11.0 Å². The van der Waals surface area contributed by atoms with Crippen LogP contribution in [0.25, 0.3) is 5.69 Å². The van der Waals surface area contributed by atoms with Crippen molar-refractivity contribution in [1.82, 2.24) is 35.1 Å². The molecule has 9 heteroatoms. The molecule has 0 saturated heterocycles. The number of benzene rings is 1. The van der Waals surface area contributed by atoms with Gasteiger partial charge in [0.15, 0.2) is 0 Å². The normalized spacial score (nSPS) is 12.6. The van der Waals surface area contributed by atoms with Gasteiger partial charge < -0.3 is 15.2 Å². The monoisotopic (exact) mass is 368 g/mol. The van der Waals surface area contributed by atoms with E-state index in [1.54, 1.807) is 12.5 Å². The van der Waals surface area contributed by atoms with E-state index in [-0.39, 0.29) is 17.5 Å². The average molecular weight is 368 g/mol. The molecular weight excluding hydrogens is 344 g/mol. The summed E-state index contributed by atoms with van der Waals surface area (Å²) >= 11 is 0. The van der Waals surface area contributed by atoms with Gasteiger partial charge in [-0.2, -0.15) is 4.68 Å². The van der Waals surface area contributed by atoms with Crippen LogP contribution in [0.15, 0.2) is 43.2 Å². The fraction of sp³-hybridized carbons (Fsp3) is 0.389. The fourth-order valence-electron chi connectivity index (χ4n) is 2.68. The van der Waals surface area contributed by atoms with E-state index in [1.807, 2.05) is 35.9 Å². The highest BCUT2D eigenvalue weighted by molar-refractivity contribution is 5.91. The number of imidazole rings is 1. The van der Waals surface area contributed by atoms with Gasteiger partial charge in [-0.1, -0.05) is 26.8 Å². The number of aromatic nitrogens is 6. The summed E-state index contributed by atoms with van der Waals surface area (Å²) in [6.07, 6.45) is 6.85. The molecule has 2 N–H and O–H groups in total. The van der Waals surface area contributed by atoms with Gasteiger partial charge in [0.2, 0.25) is 0 Å². The summed E-state index contributed by atoms with van der Waals surface area (Å²) in [5.74, 6) is 0. The lowest BCUT2D eigenvalue weighted by molar-refractivity contribution is 0.218. The molecule has 0 saturated carbocycles. The zero-order chi connectivity index (χ0) is 19.4. The quantitative estimate of drug-likeness (QED) is 0.720. The van der Waals surface area contributed by atoms with Crippen LogP contribution in [-0.2, 0) is 6.54 Å². The van der Waals surface area contributed by atoms with Crippen LogP contribution in [0.1, 0.15) is 26.3 Å². The predicted octanol–water partition coefficient (Wildman–Crippen LogP) is 2.40. The van der Waals surface area contributed by atoms with E-state index >= 15 is 0 Å². The SMILES string of the molecule is Cc1ccc(-n2cnnn2)c(NC(=O)N[C@H](Cn2ccnc2)C(C)(C)C)c1. The number of urea groups is 1. The zero-order valence-electron chi connectivity index (χ0n) is 15.9. The van der Waals surface area contributed by atoms with Crippen molar-refractivity contribution < 1.29 is 4.79 Å². The van der Waals surface area contributed by atoms with E-state index in [4.69, 9.17) is 0 Å². The Balaban J connectivity index is 1.77. The standard InChI is InChI=1S/C18H24N8O/c1-13-5-6-15(26-12-20-23-24-26)14(9-13)21-17(27)22-16(18(2,3)4)10-25-8-7-19-11-25/h5-9,11-12,16H,10H2,1-4H3,(H2,21,22,27)/t16-/m1/s1. The van der Waals surface area contributed by atoms with Crippen LogP contribution < -0.4 is 10.6 Å². The fourth-order valence-corrected chi connectivity index (χ4v) is 2.68. The Kier molecular flexibility index (Phi) is 5.20. The van der Waals surface area contributed by atoms with Crippen LogP contribution in [0.4, 0.5) is 10.5 Å². The smallest absolute Gasteiger partial charge is 0.319 e. The lowest BCUT2D eigenvalue weighted by Crippen LogP contribution is -2.48. The number of nitrogens with one attached hydrogen (secondary N) is 2. The van der Waals surface area contributed by atoms with Crippen LogP contribution >= 0.6 is 0 Å². The topological polar surface area (TPSA) is 103 Å².